The van der Waals surface area contributed by atoms with Crippen molar-refractivity contribution in [3.63, 3.8) is 0 Å². The van der Waals surface area contributed by atoms with Crippen molar-refractivity contribution in [2.24, 2.45) is 5.92 Å². The first-order valence-corrected chi connectivity index (χ1v) is 5.82. The van der Waals surface area contributed by atoms with Gasteiger partial charge in [-0.25, -0.2) is 0 Å². The molecule has 3 atom stereocenters. The molecule has 0 bridgehead atoms. The summed E-state index contributed by atoms with van der Waals surface area (Å²) in [6, 6.07) is 0.558. The lowest BCUT2D eigenvalue weighted by atomic mass is 10.2. The smallest absolute Gasteiger partial charge is 0.238 e. The molecule has 2 aliphatic rings. The highest BCUT2D eigenvalue weighted by molar-refractivity contribution is 5.81. The van der Waals surface area contributed by atoms with Crippen LogP contribution in [0.5, 0.6) is 0 Å². The first kappa shape index (κ1) is 9.97. The Morgan fingerprint density at radius 1 is 1.50 bits per heavy atom. The van der Waals surface area contributed by atoms with Crippen molar-refractivity contribution < 1.29 is 4.79 Å². The molecular weight excluding hydrogens is 176 g/mol. The summed E-state index contributed by atoms with van der Waals surface area (Å²) >= 11 is 0. The Bertz CT molecular complexity index is 229. The number of hydrogen-bond donors (Lipinski definition) is 1. The summed E-state index contributed by atoms with van der Waals surface area (Å²) in [4.78, 5) is 13.7. The van der Waals surface area contributed by atoms with E-state index in [0.29, 0.717) is 24.7 Å². The van der Waals surface area contributed by atoms with E-state index in [0.717, 1.165) is 12.3 Å². The number of amides is 1. The molecular formula is C11H20N2O. The first-order valence-electron chi connectivity index (χ1n) is 5.82. The van der Waals surface area contributed by atoms with E-state index in [1.54, 1.807) is 0 Å². The van der Waals surface area contributed by atoms with E-state index < -0.39 is 0 Å². The fourth-order valence-corrected chi connectivity index (χ4v) is 2.58. The second-order valence-electron chi connectivity index (χ2n) is 4.46. The average molecular weight is 196 g/mol. The van der Waals surface area contributed by atoms with Crippen molar-refractivity contribution in [2.45, 2.75) is 51.7 Å². The van der Waals surface area contributed by atoms with Gasteiger partial charge in [0, 0.05) is 6.04 Å². The van der Waals surface area contributed by atoms with Gasteiger partial charge in [-0.2, -0.15) is 0 Å². The van der Waals surface area contributed by atoms with Crippen molar-refractivity contribution in [1.29, 1.82) is 0 Å². The van der Waals surface area contributed by atoms with E-state index in [1.165, 1.54) is 19.3 Å². The molecule has 1 aliphatic heterocycles. The molecule has 2 rings (SSSR count). The molecule has 3 unspecified atom stereocenters. The quantitative estimate of drug-likeness (QED) is 0.736. The minimum absolute atomic E-state index is 0.306. The lowest BCUT2D eigenvalue weighted by molar-refractivity contribution is -0.128. The predicted octanol–water partition coefficient (Wildman–Crippen LogP) is 1.34. The van der Waals surface area contributed by atoms with Crippen molar-refractivity contribution in [3.8, 4) is 0 Å². The maximum atomic E-state index is 11.6. The summed E-state index contributed by atoms with van der Waals surface area (Å²) in [6.07, 6.45) is 5.10. The van der Waals surface area contributed by atoms with Crippen LogP contribution < -0.4 is 5.32 Å². The molecule has 1 saturated heterocycles. The highest BCUT2D eigenvalue weighted by atomic mass is 16.2. The molecule has 1 amide bonds. The van der Waals surface area contributed by atoms with E-state index >= 15 is 0 Å². The van der Waals surface area contributed by atoms with Crippen LogP contribution in [0.3, 0.4) is 0 Å². The number of nitrogens with one attached hydrogen (secondary N) is 1. The molecule has 80 valence electrons. The molecule has 1 heterocycles. The van der Waals surface area contributed by atoms with Gasteiger partial charge in [0.15, 0.2) is 0 Å². The van der Waals surface area contributed by atoms with Crippen molar-refractivity contribution in [3.05, 3.63) is 0 Å². The second kappa shape index (κ2) is 3.89. The monoisotopic (exact) mass is 196 g/mol. The van der Waals surface area contributed by atoms with Crippen LogP contribution in [-0.2, 0) is 4.79 Å². The van der Waals surface area contributed by atoms with Gasteiger partial charge in [-0.15, -0.1) is 0 Å². The van der Waals surface area contributed by atoms with Crippen LogP contribution in [0, 0.1) is 5.92 Å². The Kier molecular flexibility index (Phi) is 2.77. The van der Waals surface area contributed by atoms with Gasteiger partial charge in [-0.05, 0) is 25.2 Å². The lowest BCUT2D eigenvalue weighted by Gasteiger charge is -2.23. The summed E-state index contributed by atoms with van der Waals surface area (Å²) in [5.74, 6) is 1.10. The molecule has 1 N–H and O–H groups in total. The van der Waals surface area contributed by atoms with Crippen LogP contribution in [-0.4, -0.2) is 29.6 Å². The highest BCUT2D eigenvalue weighted by Crippen LogP contribution is 2.41. The molecule has 0 aromatic rings. The predicted molar refractivity (Wildman–Crippen MR) is 55.7 cm³/mol. The fourth-order valence-electron chi connectivity index (χ4n) is 2.58. The Morgan fingerprint density at radius 3 is 2.93 bits per heavy atom. The van der Waals surface area contributed by atoms with E-state index in [2.05, 4.69) is 24.1 Å². The zero-order valence-corrected chi connectivity index (χ0v) is 9.12. The molecule has 3 heteroatoms. The lowest BCUT2D eigenvalue weighted by Crippen LogP contribution is -2.39. The van der Waals surface area contributed by atoms with Crippen LogP contribution >= 0.6 is 0 Å². The van der Waals surface area contributed by atoms with E-state index in [9.17, 15) is 4.79 Å². The molecule has 14 heavy (non-hydrogen) atoms. The van der Waals surface area contributed by atoms with Crippen LogP contribution in [0.15, 0.2) is 0 Å². The third-order valence-corrected chi connectivity index (χ3v) is 3.40. The minimum atomic E-state index is 0.306. The number of carbonyl (C=O) groups is 1. The summed E-state index contributed by atoms with van der Waals surface area (Å²) < 4.78 is 0. The average Bonchev–Trinajstić information content (AvgIpc) is 2.82. The molecule has 1 saturated carbocycles. The minimum Gasteiger partial charge on any atom is -0.323 e. The Morgan fingerprint density at radius 2 is 2.29 bits per heavy atom. The first-order chi connectivity index (χ1) is 6.77. The molecule has 0 radical (unpaired) electrons. The van der Waals surface area contributed by atoms with Gasteiger partial charge >= 0.3 is 0 Å². The van der Waals surface area contributed by atoms with E-state index in [-0.39, 0.29) is 0 Å². The molecule has 0 aromatic heterocycles. The zero-order chi connectivity index (χ0) is 10.1. The van der Waals surface area contributed by atoms with Crippen LogP contribution in [0.2, 0.25) is 0 Å². The van der Waals surface area contributed by atoms with Gasteiger partial charge in [0.2, 0.25) is 5.91 Å². The Balaban J connectivity index is 1.93. The Labute approximate surface area is 85.8 Å². The van der Waals surface area contributed by atoms with Gasteiger partial charge in [-0.1, -0.05) is 20.3 Å². The summed E-state index contributed by atoms with van der Waals surface area (Å²) in [7, 11) is 0. The van der Waals surface area contributed by atoms with Gasteiger partial charge in [0.05, 0.1) is 12.7 Å². The molecule has 3 nitrogen and oxygen atoms in total. The standard InChI is InChI=1S/C11H20N2O/c1-3-5-8-6-9(8)13-10(4-2)12-7-11(13)14/h8-10,12H,3-7H2,1-2H3. The summed E-state index contributed by atoms with van der Waals surface area (Å²) in [6.45, 7) is 4.91. The Hall–Kier alpha value is -0.570. The third-order valence-electron chi connectivity index (χ3n) is 3.40. The van der Waals surface area contributed by atoms with E-state index in [4.69, 9.17) is 0 Å². The van der Waals surface area contributed by atoms with Crippen LogP contribution in [0.4, 0.5) is 0 Å². The molecule has 0 spiro atoms. The fraction of sp³-hybridized carbons (Fsp3) is 0.909. The number of rotatable bonds is 4. The van der Waals surface area contributed by atoms with Crippen molar-refractivity contribution in [1.82, 2.24) is 10.2 Å². The van der Waals surface area contributed by atoms with Gasteiger partial charge in [-0.3, -0.25) is 10.1 Å². The number of hydrogen-bond acceptors (Lipinski definition) is 2. The number of nitrogens with zero attached hydrogens (tertiary/aromatic N) is 1. The SMILES string of the molecule is CCCC1CC1N1C(=O)CNC1CC. The highest BCUT2D eigenvalue weighted by Gasteiger charge is 2.47. The van der Waals surface area contributed by atoms with Crippen molar-refractivity contribution >= 4 is 5.91 Å². The largest absolute Gasteiger partial charge is 0.323 e. The van der Waals surface area contributed by atoms with E-state index in [1.807, 2.05) is 0 Å². The van der Waals surface area contributed by atoms with Gasteiger partial charge in [0.25, 0.3) is 0 Å². The molecule has 0 aromatic carbocycles. The molecule has 1 aliphatic carbocycles. The summed E-state index contributed by atoms with van der Waals surface area (Å²) in [5.41, 5.74) is 0. The van der Waals surface area contributed by atoms with Gasteiger partial charge < -0.3 is 4.90 Å². The maximum absolute atomic E-state index is 11.6. The van der Waals surface area contributed by atoms with Crippen molar-refractivity contribution in [2.75, 3.05) is 6.54 Å². The summed E-state index contributed by atoms with van der Waals surface area (Å²) in [5, 5.41) is 3.27. The number of carbonyl (C=O) groups excluding carboxylic acids is 1. The maximum Gasteiger partial charge on any atom is 0.238 e. The van der Waals surface area contributed by atoms with Crippen LogP contribution in [0.1, 0.15) is 39.5 Å². The normalized spacial score (nSPS) is 36.6. The van der Waals surface area contributed by atoms with Gasteiger partial charge in [0.1, 0.15) is 0 Å². The second-order valence-corrected chi connectivity index (χ2v) is 4.46. The zero-order valence-electron chi connectivity index (χ0n) is 9.12. The third kappa shape index (κ3) is 1.65. The van der Waals surface area contributed by atoms with Crippen LogP contribution in [0.25, 0.3) is 0 Å². The molecule has 2 fully saturated rings. The topological polar surface area (TPSA) is 32.3 Å².